The van der Waals surface area contributed by atoms with Crippen molar-refractivity contribution >= 4 is 17.6 Å². The van der Waals surface area contributed by atoms with Crippen LogP contribution in [0, 0.1) is 32.1 Å². The van der Waals surface area contributed by atoms with Crippen LogP contribution in [0.1, 0.15) is 36.2 Å². The van der Waals surface area contributed by atoms with E-state index in [9.17, 15) is 14.7 Å². The van der Waals surface area contributed by atoms with E-state index in [1.165, 1.54) is 5.56 Å². The van der Waals surface area contributed by atoms with Gasteiger partial charge in [-0.1, -0.05) is 24.1 Å². The summed E-state index contributed by atoms with van der Waals surface area (Å²) in [6.07, 6.45) is 2.62. The molecule has 4 rings (SSSR count). The molecule has 1 saturated carbocycles. The number of nitrogens with one attached hydrogen (secondary N) is 1. The van der Waals surface area contributed by atoms with Gasteiger partial charge in [0, 0.05) is 13.1 Å². The van der Waals surface area contributed by atoms with Crippen LogP contribution in [0.5, 0.6) is 0 Å². The number of aliphatic carboxylic acids is 1. The summed E-state index contributed by atoms with van der Waals surface area (Å²) in [5.74, 6) is -0.685. The first-order valence-electron chi connectivity index (χ1n) is 10.2. The van der Waals surface area contributed by atoms with Crippen LogP contribution in [0.2, 0.25) is 0 Å². The fourth-order valence-corrected chi connectivity index (χ4v) is 5.01. The predicted molar refractivity (Wildman–Crippen MR) is 110 cm³/mol. The zero-order valence-electron chi connectivity index (χ0n) is 17.2. The molecule has 0 radical (unpaired) electrons. The van der Waals surface area contributed by atoms with Gasteiger partial charge in [-0.2, -0.15) is 5.10 Å². The van der Waals surface area contributed by atoms with Gasteiger partial charge in [-0.3, -0.25) is 14.5 Å². The Labute approximate surface area is 170 Å². The Morgan fingerprint density at radius 1 is 1.24 bits per heavy atom. The van der Waals surface area contributed by atoms with Gasteiger partial charge in [0.05, 0.1) is 34.7 Å². The maximum absolute atomic E-state index is 12.7. The molecule has 1 amide bonds. The summed E-state index contributed by atoms with van der Waals surface area (Å²) in [6.45, 7) is 7.21. The number of likely N-dealkylation sites (tertiary alicyclic amines) is 1. The number of hydrogen-bond acceptors (Lipinski definition) is 4. The van der Waals surface area contributed by atoms with Crippen LogP contribution in [0.3, 0.4) is 0 Å². The highest BCUT2D eigenvalue weighted by atomic mass is 16.4. The van der Waals surface area contributed by atoms with Crippen LogP contribution in [-0.2, 0) is 9.59 Å². The number of carboxylic acids is 1. The molecule has 2 heterocycles. The van der Waals surface area contributed by atoms with E-state index in [0.717, 1.165) is 35.6 Å². The maximum Gasteiger partial charge on any atom is 0.311 e. The topological polar surface area (TPSA) is 87.5 Å². The molecule has 29 heavy (non-hydrogen) atoms. The summed E-state index contributed by atoms with van der Waals surface area (Å²) in [6, 6.07) is 8.09. The zero-order chi connectivity index (χ0) is 20.8. The number of rotatable bonds is 5. The Balaban J connectivity index is 1.46. The molecular weight excluding hydrogens is 368 g/mol. The van der Waals surface area contributed by atoms with Crippen molar-refractivity contribution < 1.29 is 14.7 Å². The van der Waals surface area contributed by atoms with Gasteiger partial charge >= 0.3 is 5.97 Å². The lowest BCUT2D eigenvalue weighted by Gasteiger charge is -2.23. The number of hydrogen-bond donors (Lipinski definition) is 2. The van der Waals surface area contributed by atoms with Crippen molar-refractivity contribution in [3.63, 3.8) is 0 Å². The number of benzene rings is 1. The van der Waals surface area contributed by atoms with Crippen molar-refractivity contribution in [3.8, 4) is 5.69 Å². The minimum atomic E-state index is -0.714. The molecule has 7 heteroatoms. The van der Waals surface area contributed by atoms with E-state index in [-0.39, 0.29) is 18.4 Å². The molecule has 0 unspecified atom stereocenters. The largest absolute Gasteiger partial charge is 0.481 e. The first-order valence-corrected chi connectivity index (χ1v) is 10.2. The second-order valence-corrected chi connectivity index (χ2v) is 8.56. The van der Waals surface area contributed by atoms with Crippen LogP contribution < -0.4 is 5.32 Å². The second-order valence-electron chi connectivity index (χ2n) is 8.56. The molecule has 1 aliphatic heterocycles. The third-order valence-corrected chi connectivity index (χ3v) is 6.57. The number of nitrogens with zero attached hydrogens (tertiary/aromatic N) is 3. The molecule has 0 spiro atoms. The van der Waals surface area contributed by atoms with Gasteiger partial charge in [-0.05, 0) is 51.7 Å². The summed E-state index contributed by atoms with van der Waals surface area (Å²) >= 11 is 0. The lowest BCUT2D eigenvalue weighted by atomic mass is 9.81. The Hall–Kier alpha value is -2.67. The fourth-order valence-electron chi connectivity index (χ4n) is 5.01. The SMILES string of the molecule is Cc1ccc(-n2nc(C)c(NC(=O)CN3C[C@@H]4CCC[C@@]4(C(=O)O)C3)c2C)cc1. The minimum absolute atomic E-state index is 0.125. The highest BCUT2D eigenvalue weighted by molar-refractivity contribution is 5.93. The highest BCUT2D eigenvalue weighted by Gasteiger charge is 2.54. The van der Waals surface area contributed by atoms with Gasteiger partial charge in [-0.15, -0.1) is 0 Å². The van der Waals surface area contributed by atoms with Crippen LogP contribution in [0.25, 0.3) is 5.69 Å². The van der Waals surface area contributed by atoms with Gasteiger partial charge in [0.25, 0.3) is 0 Å². The zero-order valence-corrected chi connectivity index (χ0v) is 17.2. The predicted octanol–water partition coefficient (Wildman–Crippen LogP) is 2.92. The first-order chi connectivity index (χ1) is 13.8. The van der Waals surface area contributed by atoms with Crippen molar-refractivity contribution in [1.29, 1.82) is 0 Å². The monoisotopic (exact) mass is 396 g/mol. The molecule has 7 nitrogen and oxygen atoms in total. The molecule has 2 aromatic rings. The average molecular weight is 396 g/mol. The van der Waals surface area contributed by atoms with E-state index in [2.05, 4.69) is 10.4 Å². The van der Waals surface area contributed by atoms with Gasteiger partial charge in [0.1, 0.15) is 0 Å². The Bertz CT molecular complexity index is 950. The van der Waals surface area contributed by atoms with Crippen molar-refractivity contribution in [3.05, 3.63) is 41.2 Å². The summed E-state index contributed by atoms with van der Waals surface area (Å²) in [4.78, 5) is 26.5. The third-order valence-electron chi connectivity index (χ3n) is 6.57. The number of carboxylic acid groups (broad SMARTS) is 1. The van der Waals surface area contributed by atoms with Gasteiger partial charge in [0.2, 0.25) is 5.91 Å². The first kappa shape index (κ1) is 19.6. The number of amides is 1. The van der Waals surface area contributed by atoms with Crippen LogP contribution in [0.15, 0.2) is 24.3 Å². The van der Waals surface area contributed by atoms with Crippen molar-refractivity contribution in [2.45, 2.75) is 40.0 Å². The summed E-state index contributed by atoms with van der Waals surface area (Å²) in [7, 11) is 0. The molecule has 2 atom stereocenters. The lowest BCUT2D eigenvalue weighted by Crippen LogP contribution is -2.37. The number of aryl methyl sites for hydroxylation is 2. The summed E-state index contributed by atoms with van der Waals surface area (Å²) < 4.78 is 1.84. The number of fused-ring (bicyclic) bond motifs is 1. The molecule has 0 bridgehead atoms. The lowest BCUT2D eigenvalue weighted by molar-refractivity contribution is -0.149. The molecule has 1 aliphatic carbocycles. The van der Waals surface area contributed by atoms with Crippen LogP contribution in [0.4, 0.5) is 5.69 Å². The van der Waals surface area contributed by atoms with Crippen molar-refractivity contribution in [2.24, 2.45) is 11.3 Å². The Kier molecular flexibility index (Phi) is 4.94. The third kappa shape index (κ3) is 3.44. The highest BCUT2D eigenvalue weighted by Crippen LogP contribution is 2.48. The molecule has 2 N–H and O–H groups in total. The van der Waals surface area contributed by atoms with Crippen molar-refractivity contribution in [1.82, 2.24) is 14.7 Å². The summed E-state index contributed by atoms with van der Waals surface area (Å²) in [5, 5.41) is 17.3. The Morgan fingerprint density at radius 3 is 2.62 bits per heavy atom. The summed E-state index contributed by atoms with van der Waals surface area (Å²) in [5.41, 5.74) is 3.83. The minimum Gasteiger partial charge on any atom is -0.481 e. The average Bonchev–Trinajstić information content (AvgIpc) is 3.29. The second kappa shape index (κ2) is 7.30. The van der Waals surface area contributed by atoms with E-state index in [1.807, 2.05) is 54.6 Å². The number of anilines is 1. The molecular formula is C22H28N4O3. The van der Waals surface area contributed by atoms with E-state index in [1.54, 1.807) is 0 Å². The van der Waals surface area contributed by atoms with Crippen molar-refractivity contribution in [2.75, 3.05) is 25.0 Å². The van der Waals surface area contributed by atoms with Gasteiger partial charge < -0.3 is 10.4 Å². The molecule has 2 fully saturated rings. The van der Waals surface area contributed by atoms with E-state index < -0.39 is 11.4 Å². The van der Waals surface area contributed by atoms with E-state index >= 15 is 0 Å². The number of carbonyl (C=O) groups is 2. The molecule has 1 aromatic heterocycles. The molecule has 1 aromatic carbocycles. The molecule has 2 aliphatic rings. The number of aromatic nitrogens is 2. The van der Waals surface area contributed by atoms with Crippen LogP contribution in [-0.4, -0.2) is 51.3 Å². The van der Waals surface area contributed by atoms with Crippen LogP contribution >= 0.6 is 0 Å². The molecule has 154 valence electrons. The standard InChI is InChI=1S/C22H28N4O3/c1-14-6-8-18(9-7-14)26-16(3)20(15(2)24-26)23-19(27)12-25-11-17-5-4-10-22(17,13-25)21(28)29/h6-9,17H,4-5,10-13H2,1-3H3,(H,23,27)(H,28,29)/t17-,22+/m0/s1. The normalized spacial score (nSPS) is 23.9. The number of carbonyl (C=O) groups excluding carboxylic acids is 1. The van der Waals surface area contributed by atoms with Gasteiger partial charge in [-0.25, -0.2) is 4.68 Å². The van der Waals surface area contributed by atoms with Gasteiger partial charge in [0.15, 0.2) is 0 Å². The fraction of sp³-hybridized carbons (Fsp3) is 0.500. The maximum atomic E-state index is 12.7. The van der Waals surface area contributed by atoms with E-state index in [0.29, 0.717) is 19.5 Å². The smallest absolute Gasteiger partial charge is 0.311 e. The Morgan fingerprint density at radius 2 is 1.97 bits per heavy atom. The van der Waals surface area contributed by atoms with E-state index in [4.69, 9.17) is 0 Å². The quantitative estimate of drug-likeness (QED) is 0.811. The molecule has 1 saturated heterocycles.